The van der Waals surface area contributed by atoms with E-state index < -0.39 is 5.41 Å². The van der Waals surface area contributed by atoms with E-state index in [9.17, 15) is 9.59 Å². The molecule has 0 aromatic heterocycles. The number of para-hydroxylation sites is 1. The normalized spacial score (nSPS) is 23.8. The highest BCUT2D eigenvalue weighted by molar-refractivity contribution is 6.10. The second-order valence-electron chi connectivity index (χ2n) is 11.6. The standard InChI is InChI=1S/C32H36N2O2/c1-4-26(35)21-32(3)27-13-5-6-14-28(27)34(30(32)36)25-15-17-33(18-16-25)31(2)19-23-11-7-9-22-10-8-12-24(20-31)29(22)23/h5-14,25H,4,15-21H2,1-3H3. The number of anilines is 1. The third-order valence-corrected chi connectivity index (χ3v) is 9.21. The number of amides is 1. The number of nitrogens with zero attached hydrogens (tertiary/aromatic N) is 2. The van der Waals surface area contributed by atoms with Gasteiger partial charge in [0, 0.05) is 43.2 Å². The van der Waals surface area contributed by atoms with Crippen LogP contribution in [0.2, 0.25) is 0 Å². The molecule has 1 amide bonds. The lowest BCUT2D eigenvalue weighted by Gasteiger charge is -2.48. The van der Waals surface area contributed by atoms with Crippen LogP contribution in [-0.4, -0.2) is 41.3 Å². The molecule has 1 atom stereocenters. The van der Waals surface area contributed by atoms with Crippen LogP contribution in [0.4, 0.5) is 5.69 Å². The molecule has 0 spiro atoms. The van der Waals surface area contributed by atoms with E-state index in [1.165, 1.54) is 21.9 Å². The smallest absolute Gasteiger partial charge is 0.238 e. The maximum absolute atomic E-state index is 13.9. The van der Waals surface area contributed by atoms with Crippen molar-refractivity contribution >= 4 is 28.2 Å². The van der Waals surface area contributed by atoms with Gasteiger partial charge < -0.3 is 4.90 Å². The number of hydrogen-bond acceptors (Lipinski definition) is 3. The lowest BCUT2D eigenvalue weighted by molar-refractivity contribution is -0.128. The first-order valence-corrected chi connectivity index (χ1v) is 13.5. The maximum atomic E-state index is 13.9. The molecule has 2 heterocycles. The number of Topliss-reactive ketones (excluding diaryl/α,β-unsaturated/α-hetero) is 1. The lowest BCUT2D eigenvalue weighted by atomic mass is 9.76. The van der Waals surface area contributed by atoms with Gasteiger partial charge in [0.2, 0.25) is 5.91 Å². The highest BCUT2D eigenvalue weighted by Crippen LogP contribution is 2.47. The molecule has 36 heavy (non-hydrogen) atoms. The van der Waals surface area contributed by atoms with Crippen molar-refractivity contribution in [3.05, 3.63) is 77.4 Å². The molecule has 0 bridgehead atoms. The largest absolute Gasteiger partial charge is 0.308 e. The molecule has 186 valence electrons. The van der Waals surface area contributed by atoms with Gasteiger partial charge in [0.25, 0.3) is 0 Å². The Balaban J connectivity index is 1.23. The Morgan fingerprint density at radius 1 is 0.917 bits per heavy atom. The number of fused-ring (bicyclic) bond motifs is 1. The molecule has 4 heteroatoms. The third kappa shape index (κ3) is 3.53. The van der Waals surface area contributed by atoms with E-state index in [1.807, 2.05) is 32.0 Å². The van der Waals surface area contributed by atoms with Crippen LogP contribution in [0.25, 0.3) is 10.8 Å². The molecule has 4 nitrogen and oxygen atoms in total. The summed E-state index contributed by atoms with van der Waals surface area (Å²) in [4.78, 5) is 31.0. The average Bonchev–Trinajstić information content (AvgIpc) is 3.10. The summed E-state index contributed by atoms with van der Waals surface area (Å²) in [6.45, 7) is 8.24. The summed E-state index contributed by atoms with van der Waals surface area (Å²) in [5.41, 5.74) is 4.28. The summed E-state index contributed by atoms with van der Waals surface area (Å²) in [6, 6.07) is 21.7. The van der Waals surface area contributed by atoms with Crippen molar-refractivity contribution in [2.45, 2.75) is 76.3 Å². The van der Waals surface area contributed by atoms with Crippen molar-refractivity contribution in [2.24, 2.45) is 0 Å². The average molecular weight is 481 g/mol. The van der Waals surface area contributed by atoms with Gasteiger partial charge in [0.15, 0.2) is 0 Å². The van der Waals surface area contributed by atoms with Crippen LogP contribution in [0.5, 0.6) is 0 Å². The van der Waals surface area contributed by atoms with E-state index in [0.29, 0.717) is 6.42 Å². The lowest BCUT2D eigenvalue weighted by Crippen LogP contribution is -2.57. The Hall–Kier alpha value is -2.98. The van der Waals surface area contributed by atoms with E-state index >= 15 is 0 Å². The molecule has 3 aromatic rings. The van der Waals surface area contributed by atoms with Gasteiger partial charge in [0.1, 0.15) is 5.78 Å². The molecular weight excluding hydrogens is 444 g/mol. The summed E-state index contributed by atoms with van der Waals surface area (Å²) in [7, 11) is 0. The van der Waals surface area contributed by atoms with Crippen molar-refractivity contribution in [1.29, 1.82) is 0 Å². The van der Waals surface area contributed by atoms with Gasteiger partial charge in [0.05, 0.1) is 5.41 Å². The molecule has 3 aromatic carbocycles. The molecule has 1 saturated heterocycles. The Morgan fingerprint density at radius 2 is 1.56 bits per heavy atom. The summed E-state index contributed by atoms with van der Waals surface area (Å²) < 4.78 is 0. The minimum atomic E-state index is -0.751. The zero-order valence-electron chi connectivity index (χ0n) is 21.7. The second kappa shape index (κ2) is 8.55. The minimum absolute atomic E-state index is 0.0859. The fourth-order valence-corrected chi connectivity index (χ4v) is 7.26. The Kier molecular flexibility index (Phi) is 5.56. The summed E-state index contributed by atoms with van der Waals surface area (Å²) >= 11 is 0. The summed E-state index contributed by atoms with van der Waals surface area (Å²) in [6.07, 6.45) is 4.80. The minimum Gasteiger partial charge on any atom is -0.308 e. The third-order valence-electron chi connectivity index (χ3n) is 9.21. The molecule has 1 fully saturated rings. The van der Waals surface area contributed by atoms with Crippen LogP contribution in [0.1, 0.15) is 63.1 Å². The fourth-order valence-electron chi connectivity index (χ4n) is 7.26. The van der Waals surface area contributed by atoms with E-state index in [0.717, 1.165) is 50.0 Å². The van der Waals surface area contributed by atoms with Gasteiger partial charge in [-0.1, -0.05) is 61.5 Å². The van der Waals surface area contributed by atoms with Crippen LogP contribution in [0.3, 0.4) is 0 Å². The Labute approximate surface area is 214 Å². The predicted octanol–water partition coefficient (Wildman–Crippen LogP) is 5.84. The molecule has 3 aliphatic rings. The number of benzene rings is 3. The van der Waals surface area contributed by atoms with Crippen LogP contribution in [-0.2, 0) is 27.8 Å². The number of likely N-dealkylation sites (tertiary alicyclic amines) is 1. The van der Waals surface area contributed by atoms with E-state index in [-0.39, 0.29) is 29.7 Å². The number of piperidine rings is 1. The SMILES string of the molecule is CCC(=O)CC1(C)C(=O)N(C2CCN(C3(C)Cc4cccc5cccc(c45)C3)CC2)c2ccccc21. The highest BCUT2D eigenvalue weighted by Gasteiger charge is 2.51. The molecule has 0 radical (unpaired) electrons. The van der Waals surface area contributed by atoms with Crippen LogP contribution >= 0.6 is 0 Å². The molecule has 2 aliphatic heterocycles. The van der Waals surface area contributed by atoms with Crippen molar-refractivity contribution in [3.8, 4) is 0 Å². The van der Waals surface area contributed by atoms with Crippen LogP contribution in [0.15, 0.2) is 60.7 Å². The van der Waals surface area contributed by atoms with Gasteiger partial charge in [-0.25, -0.2) is 0 Å². The number of rotatable bonds is 5. The second-order valence-corrected chi connectivity index (χ2v) is 11.6. The first-order chi connectivity index (χ1) is 17.3. The van der Waals surface area contributed by atoms with Crippen LogP contribution < -0.4 is 4.90 Å². The monoisotopic (exact) mass is 480 g/mol. The summed E-state index contributed by atoms with van der Waals surface area (Å²) in [5, 5.41) is 2.80. The van der Waals surface area contributed by atoms with Gasteiger partial charge in [-0.05, 0) is 73.1 Å². The maximum Gasteiger partial charge on any atom is 0.238 e. The molecule has 0 saturated carbocycles. The van der Waals surface area contributed by atoms with Gasteiger partial charge >= 0.3 is 0 Å². The van der Waals surface area contributed by atoms with Gasteiger partial charge in [-0.2, -0.15) is 0 Å². The number of carbonyl (C=O) groups is 2. The zero-order chi connectivity index (χ0) is 25.1. The molecule has 6 rings (SSSR count). The first kappa shape index (κ1) is 23.4. The molecular formula is C32H36N2O2. The van der Waals surface area contributed by atoms with E-state index in [2.05, 4.69) is 59.2 Å². The van der Waals surface area contributed by atoms with Crippen LogP contribution in [0, 0.1) is 0 Å². The topological polar surface area (TPSA) is 40.6 Å². The number of ketones is 1. The van der Waals surface area contributed by atoms with Crippen molar-refractivity contribution in [1.82, 2.24) is 4.90 Å². The Morgan fingerprint density at radius 3 is 2.19 bits per heavy atom. The van der Waals surface area contributed by atoms with Crippen molar-refractivity contribution < 1.29 is 9.59 Å². The quantitative estimate of drug-likeness (QED) is 0.461. The predicted molar refractivity (Wildman–Crippen MR) is 146 cm³/mol. The number of hydrogen-bond donors (Lipinski definition) is 0. The molecule has 0 N–H and O–H groups in total. The van der Waals surface area contributed by atoms with E-state index in [1.54, 1.807) is 0 Å². The van der Waals surface area contributed by atoms with Gasteiger partial charge in [-0.15, -0.1) is 0 Å². The number of carbonyl (C=O) groups excluding carboxylic acids is 2. The summed E-state index contributed by atoms with van der Waals surface area (Å²) in [5.74, 6) is 0.256. The van der Waals surface area contributed by atoms with Crippen molar-refractivity contribution in [3.63, 3.8) is 0 Å². The first-order valence-electron chi connectivity index (χ1n) is 13.5. The van der Waals surface area contributed by atoms with E-state index in [4.69, 9.17) is 0 Å². The Bertz CT molecular complexity index is 1310. The molecule has 1 unspecified atom stereocenters. The van der Waals surface area contributed by atoms with Crippen molar-refractivity contribution in [2.75, 3.05) is 18.0 Å². The van der Waals surface area contributed by atoms with Gasteiger partial charge in [-0.3, -0.25) is 14.5 Å². The zero-order valence-corrected chi connectivity index (χ0v) is 21.7. The highest BCUT2D eigenvalue weighted by atomic mass is 16.2. The fraction of sp³-hybridized carbons (Fsp3) is 0.438. The molecule has 1 aliphatic carbocycles.